The number of likely N-dealkylation sites (N-methyl/N-ethyl adjacent to an activating group) is 1. The summed E-state index contributed by atoms with van der Waals surface area (Å²) < 4.78 is 30.8. The number of allylic oxidation sites excluding steroid dienone is 11. The molecule has 0 aromatic rings. The van der Waals surface area contributed by atoms with Crippen LogP contribution in [0.3, 0.4) is 0 Å². The molecule has 87 heavy (non-hydrogen) atoms. The quantitative estimate of drug-likeness (QED) is 0.0205. The van der Waals surface area contributed by atoms with Gasteiger partial charge < -0.3 is 19.4 Å². The molecule has 0 heterocycles. The highest BCUT2D eigenvalue weighted by molar-refractivity contribution is 7.47. The Morgan fingerprint density at radius 2 is 0.701 bits per heavy atom. The molecule has 9 nitrogen and oxygen atoms in total. The number of esters is 1. The van der Waals surface area contributed by atoms with Crippen molar-refractivity contribution in [3.8, 4) is 0 Å². The number of rotatable bonds is 68. The molecule has 0 rings (SSSR count). The van der Waals surface area contributed by atoms with Gasteiger partial charge in [-0.15, -0.1) is 0 Å². The van der Waals surface area contributed by atoms with E-state index in [1.807, 2.05) is 33.3 Å². The summed E-state index contributed by atoms with van der Waals surface area (Å²) in [6, 6.07) is -0.855. The van der Waals surface area contributed by atoms with Crippen molar-refractivity contribution in [2.24, 2.45) is 0 Å². The predicted octanol–water partition coefficient (Wildman–Crippen LogP) is 23.9. The minimum atomic E-state index is -4.46. The van der Waals surface area contributed by atoms with E-state index in [-0.39, 0.29) is 31.5 Å². The number of quaternary nitrogens is 1. The lowest BCUT2D eigenvalue weighted by Gasteiger charge is -2.27. The van der Waals surface area contributed by atoms with E-state index in [9.17, 15) is 19.0 Å². The van der Waals surface area contributed by atoms with Crippen LogP contribution in [-0.4, -0.2) is 74.3 Å². The molecule has 0 saturated heterocycles. The normalized spacial score (nSPS) is 13.9. The molecule has 508 valence electrons. The maximum Gasteiger partial charge on any atom is 0.472 e. The minimum absolute atomic E-state index is 0.0376. The Morgan fingerprint density at radius 3 is 1.08 bits per heavy atom. The van der Waals surface area contributed by atoms with E-state index in [0.29, 0.717) is 17.4 Å². The molecule has 3 atom stereocenters. The third kappa shape index (κ3) is 67.7. The van der Waals surface area contributed by atoms with Crippen LogP contribution in [0.2, 0.25) is 0 Å². The molecule has 2 N–H and O–H groups in total. The van der Waals surface area contributed by atoms with Crippen LogP contribution in [0.15, 0.2) is 72.9 Å². The van der Waals surface area contributed by atoms with Gasteiger partial charge >= 0.3 is 13.8 Å². The standard InChI is InChI=1S/C77H143N2O7P/c1-7-10-13-16-19-22-25-27-29-31-33-35-37-38-39-40-42-43-45-47-49-51-54-57-60-63-66-69-76(80)78-74(73-85-87(82,83)84-72-71-79(4,5)6)75(68-65-62-59-56-53-24-21-18-15-12-9-3)86-77(81)70-67-64-61-58-55-52-50-48-46-44-41-36-34-32-30-28-26-23-20-17-14-11-8-2/h20,23,27-30,34,36,44,46,65,68,74-75H,7-19,21-22,24-26,31-33,35,37-43,45,47-64,66-67,69-73H2,1-6H3,(H-,78,80,82,83)/p+1/b23-20-,29-27+,30-28-,36-34-,46-44-,68-65-. The molecular weight excluding hydrogens is 1100 g/mol. The van der Waals surface area contributed by atoms with Crippen molar-refractivity contribution in [3.63, 3.8) is 0 Å². The van der Waals surface area contributed by atoms with Crippen LogP contribution in [0.1, 0.15) is 355 Å². The number of phosphoric acid groups is 1. The highest BCUT2D eigenvalue weighted by Gasteiger charge is 2.30. The first-order valence-electron chi connectivity index (χ1n) is 37.3. The Kier molecular flexibility index (Phi) is 64.4. The fraction of sp³-hybridized carbons (Fsp3) is 0.818. The first-order chi connectivity index (χ1) is 42.4. The lowest BCUT2D eigenvalue weighted by atomic mass is 10.0. The first-order valence-corrected chi connectivity index (χ1v) is 38.8. The number of ether oxygens (including phenoxy) is 1. The fourth-order valence-corrected chi connectivity index (χ4v) is 11.6. The topological polar surface area (TPSA) is 111 Å². The van der Waals surface area contributed by atoms with Crippen LogP contribution < -0.4 is 5.32 Å². The number of nitrogens with zero attached hydrogens (tertiary/aromatic N) is 1. The van der Waals surface area contributed by atoms with Crippen LogP contribution in [0.5, 0.6) is 0 Å². The van der Waals surface area contributed by atoms with Gasteiger partial charge in [0.1, 0.15) is 19.3 Å². The molecule has 0 saturated carbocycles. The molecule has 1 amide bonds. The highest BCUT2D eigenvalue weighted by atomic mass is 31.2. The Hall–Kier alpha value is -2.55. The Bertz CT molecular complexity index is 1720. The van der Waals surface area contributed by atoms with E-state index < -0.39 is 20.0 Å². The van der Waals surface area contributed by atoms with Crippen molar-refractivity contribution in [3.05, 3.63) is 72.9 Å². The number of phosphoric ester groups is 1. The lowest BCUT2D eigenvalue weighted by Crippen LogP contribution is -2.47. The van der Waals surface area contributed by atoms with Gasteiger partial charge in [0.25, 0.3) is 0 Å². The first kappa shape index (κ1) is 84.5. The molecule has 0 aliphatic carbocycles. The Balaban J connectivity index is 4.97. The van der Waals surface area contributed by atoms with Gasteiger partial charge in [0.2, 0.25) is 5.91 Å². The second kappa shape index (κ2) is 66.4. The van der Waals surface area contributed by atoms with Crippen molar-refractivity contribution in [1.82, 2.24) is 5.32 Å². The summed E-state index contributed by atoms with van der Waals surface area (Å²) in [5.74, 6) is -0.506. The summed E-state index contributed by atoms with van der Waals surface area (Å²) in [5.41, 5.74) is 0. The lowest BCUT2D eigenvalue weighted by molar-refractivity contribution is -0.870. The van der Waals surface area contributed by atoms with Crippen LogP contribution in [0.25, 0.3) is 0 Å². The number of unbranched alkanes of at least 4 members (excludes halogenated alkanes) is 42. The maximum atomic E-state index is 13.6. The summed E-state index contributed by atoms with van der Waals surface area (Å²) in [7, 11) is 1.50. The second-order valence-electron chi connectivity index (χ2n) is 26.5. The van der Waals surface area contributed by atoms with Gasteiger partial charge in [-0.1, -0.05) is 312 Å². The van der Waals surface area contributed by atoms with Crippen molar-refractivity contribution in [2.75, 3.05) is 40.9 Å². The van der Waals surface area contributed by atoms with Crippen molar-refractivity contribution in [2.45, 2.75) is 367 Å². The molecule has 10 heteroatoms. The third-order valence-corrected chi connectivity index (χ3v) is 17.6. The Morgan fingerprint density at radius 1 is 0.402 bits per heavy atom. The summed E-state index contributed by atoms with van der Waals surface area (Å²) >= 11 is 0. The number of nitrogens with one attached hydrogen (secondary N) is 1. The fourth-order valence-electron chi connectivity index (χ4n) is 10.9. The number of hydrogen-bond acceptors (Lipinski definition) is 6. The van der Waals surface area contributed by atoms with E-state index >= 15 is 0 Å². The van der Waals surface area contributed by atoms with Crippen LogP contribution >= 0.6 is 7.82 Å². The van der Waals surface area contributed by atoms with Crippen LogP contribution in [0, 0.1) is 0 Å². The van der Waals surface area contributed by atoms with Gasteiger partial charge in [-0.25, -0.2) is 4.57 Å². The van der Waals surface area contributed by atoms with Gasteiger partial charge in [-0.2, -0.15) is 0 Å². The molecule has 0 aromatic carbocycles. The maximum absolute atomic E-state index is 13.6. The zero-order valence-corrected chi connectivity index (χ0v) is 59.2. The molecule has 3 unspecified atom stereocenters. The smallest absolute Gasteiger partial charge is 0.456 e. The minimum Gasteiger partial charge on any atom is -0.456 e. The van der Waals surface area contributed by atoms with Crippen LogP contribution in [0.4, 0.5) is 0 Å². The van der Waals surface area contributed by atoms with E-state index in [2.05, 4.69) is 86.8 Å². The van der Waals surface area contributed by atoms with E-state index in [1.54, 1.807) is 0 Å². The van der Waals surface area contributed by atoms with Gasteiger partial charge in [0.05, 0.1) is 33.8 Å². The zero-order valence-electron chi connectivity index (χ0n) is 58.3. The molecule has 0 aliphatic rings. The SMILES string of the molecule is CCCCC/C=C\C/C=C\C/C=C\C/C=C\CCCCCCCCCC(=O)OC(/C=C\CCCCCCCCCCC)C(COP(=O)(O)OCC[N+](C)(C)C)NC(=O)CCCCCCCCCCCCCCCCCCC/C=C/CCCCCCCC. The summed E-state index contributed by atoms with van der Waals surface area (Å²) in [6.45, 7) is 7.01. The zero-order chi connectivity index (χ0) is 63.5. The largest absolute Gasteiger partial charge is 0.472 e. The molecule has 0 aromatic heterocycles. The number of carbonyl (C=O) groups is 2. The molecule has 0 aliphatic heterocycles. The monoisotopic (exact) mass is 1240 g/mol. The van der Waals surface area contributed by atoms with E-state index in [0.717, 1.165) is 89.9 Å². The summed E-state index contributed by atoms with van der Waals surface area (Å²) in [4.78, 5) is 37.9. The molecule has 0 bridgehead atoms. The highest BCUT2D eigenvalue weighted by Crippen LogP contribution is 2.43. The average Bonchev–Trinajstić information content (AvgIpc) is 3.70. The van der Waals surface area contributed by atoms with Crippen molar-refractivity contribution >= 4 is 19.7 Å². The van der Waals surface area contributed by atoms with Crippen LogP contribution in [-0.2, 0) is 27.9 Å². The van der Waals surface area contributed by atoms with E-state index in [1.165, 1.54) is 231 Å². The number of carbonyl (C=O) groups excluding carboxylic acids is 2. The van der Waals surface area contributed by atoms with Gasteiger partial charge in [-0.05, 0) is 102 Å². The van der Waals surface area contributed by atoms with Gasteiger partial charge in [-0.3, -0.25) is 18.6 Å². The molecule has 0 radical (unpaired) electrons. The predicted molar refractivity (Wildman–Crippen MR) is 378 cm³/mol. The average molecular weight is 1240 g/mol. The van der Waals surface area contributed by atoms with Gasteiger partial charge in [0.15, 0.2) is 0 Å². The summed E-state index contributed by atoms with van der Waals surface area (Å²) in [5, 5.41) is 3.07. The Labute approximate surface area is 540 Å². The molecular formula is C77H144N2O7P+. The van der Waals surface area contributed by atoms with Gasteiger partial charge in [0, 0.05) is 12.8 Å². The van der Waals surface area contributed by atoms with E-state index in [4.69, 9.17) is 13.8 Å². The molecule has 0 fully saturated rings. The third-order valence-electron chi connectivity index (χ3n) is 16.6. The molecule has 0 spiro atoms. The summed E-state index contributed by atoms with van der Waals surface area (Å²) in [6.07, 6.45) is 87.8. The second-order valence-corrected chi connectivity index (χ2v) is 27.9. The van der Waals surface area contributed by atoms with Crippen molar-refractivity contribution in [1.29, 1.82) is 0 Å². The number of hydrogen-bond donors (Lipinski definition) is 2. The number of amides is 1. The van der Waals surface area contributed by atoms with Crippen molar-refractivity contribution < 1.29 is 37.3 Å².